The topological polar surface area (TPSA) is 84.9 Å². The number of rotatable bonds is 10. The van der Waals surface area contributed by atoms with E-state index >= 15 is 0 Å². The van der Waals surface area contributed by atoms with Crippen LogP contribution in [-0.4, -0.2) is 23.2 Å². The first-order chi connectivity index (χ1) is 15.1. The summed E-state index contributed by atoms with van der Waals surface area (Å²) >= 11 is 0. The molecule has 0 aromatic heterocycles. The Hall–Kier alpha value is -3.64. The summed E-state index contributed by atoms with van der Waals surface area (Å²) in [6.07, 6.45) is -0.582. The SMILES string of the molecule is O=C(NC(Cc1ccccc1)C(=O)O)OCc1ccc(COCc2ccccc2)cc1. The average Bonchev–Trinajstić information content (AvgIpc) is 2.79. The third-order valence-corrected chi connectivity index (χ3v) is 4.65. The minimum atomic E-state index is -1.11. The second-order valence-electron chi connectivity index (χ2n) is 7.10. The Kier molecular flexibility index (Phi) is 8.20. The molecule has 0 bridgehead atoms. The average molecular weight is 419 g/mol. The van der Waals surface area contributed by atoms with Crippen molar-refractivity contribution >= 4 is 12.1 Å². The number of carbonyl (C=O) groups is 2. The van der Waals surface area contributed by atoms with E-state index in [1.807, 2.05) is 84.9 Å². The van der Waals surface area contributed by atoms with Gasteiger partial charge in [0.15, 0.2) is 0 Å². The van der Waals surface area contributed by atoms with Crippen LogP contribution in [0.15, 0.2) is 84.9 Å². The van der Waals surface area contributed by atoms with Crippen molar-refractivity contribution in [3.05, 3.63) is 107 Å². The number of hydrogen-bond donors (Lipinski definition) is 2. The Morgan fingerprint density at radius 3 is 1.74 bits per heavy atom. The third kappa shape index (κ3) is 7.60. The molecule has 160 valence electrons. The van der Waals surface area contributed by atoms with E-state index in [9.17, 15) is 14.7 Å². The van der Waals surface area contributed by atoms with Crippen LogP contribution in [0.25, 0.3) is 0 Å². The summed E-state index contributed by atoms with van der Waals surface area (Å²) in [5.74, 6) is -1.11. The van der Waals surface area contributed by atoms with Crippen molar-refractivity contribution in [2.75, 3.05) is 0 Å². The molecule has 0 aliphatic rings. The van der Waals surface area contributed by atoms with Gasteiger partial charge in [-0.3, -0.25) is 0 Å². The maximum atomic E-state index is 12.0. The van der Waals surface area contributed by atoms with Gasteiger partial charge in [-0.15, -0.1) is 0 Å². The maximum Gasteiger partial charge on any atom is 0.408 e. The number of carbonyl (C=O) groups excluding carboxylic acids is 1. The van der Waals surface area contributed by atoms with Gasteiger partial charge in [0, 0.05) is 6.42 Å². The second kappa shape index (κ2) is 11.5. The fourth-order valence-corrected chi connectivity index (χ4v) is 2.98. The van der Waals surface area contributed by atoms with E-state index in [0.29, 0.717) is 13.2 Å². The van der Waals surface area contributed by atoms with Crippen molar-refractivity contribution in [3.8, 4) is 0 Å². The standard InChI is InChI=1S/C25H25NO5/c27-24(28)23(15-19-7-3-1-4-8-19)26-25(29)31-18-22-13-11-21(12-14-22)17-30-16-20-9-5-2-6-10-20/h1-14,23H,15-18H2,(H,26,29)(H,27,28). The number of carboxylic acids is 1. The third-order valence-electron chi connectivity index (χ3n) is 4.65. The van der Waals surface area contributed by atoms with Crippen LogP contribution in [0, 0.1) is 0 Å². The van der Waals surface area contributed by atoms with E-state index in [0.717, 1.165) is 22.3 Å². The fourth-order valence-electron chi connectivity index (χ4n) is 2.98. The number of carboxylic acid groups (broad SMARTS) is 1. The van der Waals surface area contributed by atoms with Crippen molar-refractivity contribution < 1.29 is 24.2 Å². The Morgan fingerprint density at radius 2 is 1.19 bits per heavy atom. The molecular weight excluding hydrogens is 394 g/mol. The Labute approximate surface area is 181 Å². The Balaban J connectivity index is 1.42. The lowest BCUT2D eigenvalue weighted by atomic mass is 10.1. The predicted molar refractivity (Wildman–Crippen MR) is 116 cm³/mol. The summed E-state index contributed by atoms with van der Waals surface area (Å²) in [6.45, 7) is 1.07. The van der Waals surface area contributed by atoms with E-state index in [4.69, 9.17) is 9.47 Å². The smallest absolute Gasteiger partial charge is 0.408 e. The van der Waals surface area contributed by atoms with Gasteiger partial charge in [0.05, 0.1) is 13.2 Å². The molecule has 3 rings (SSSR count). The molecule has 0 saturated heterocycles. The molecule has 2 N–H and O–H groups in total. The monoisotopic (exact) mass is 419 g/mol. The first-order valence-electron chi connectivity index (χ1n) is 9.99. The van der Waals surface area contributed by atoms with Crippen LogP contribution in [0.4, 0.5) is 4.79 Å². The van der Waals surface area contributed by atoms with Gasteiger partial charge >= 0.3 is 12.1 Å². The first-order valence-corrected chi connectivity index (χ1v) is 9.99. The molecule has 3 aromatic carbocycles. The molecule has 0 saturated carbocycles. The molecule has 31 heavy (non-hydrogen) atoms. The van der Waals surface area contributed by atoms with Gasteiger partial charge in [-0.25, -0.2) is 9.59 Å². The van der Waals surface area contributed by atoms with Crippen molar-refractivity contribution in [3.63, 3.8) is 0 Å². The molecule has 0 radical (unpaired) electrons. The van der Waals surface area contributed by atoms with Crippen molar-refractivity contribution in [2.24, 2.45) is 0 Å². The summed E-state index contributed by atoms with van der Waals surface area (Å²) in [7, 11) is 0. The van der Waals surface area contributed by atoms with Gasteiger partial charge in [-0.05, 0) is 22.3 Å². The summed E-state index contributed by atoms with van der Waals surface area (Å²) in [5, 5.41) is 11.8. The van der Waals surface area contributed by atoms with E-state index in [1.165, 1.54) is 0 Å². The van der Waals surface area contributed by atoms with Crippen LogP contribution in [0.2, 0.25) is 0 Å². The second-order valence-corrected chi connectivity index (χ2v) is 7.10. The van der Waals surface area contributed by atoms with Crippen LogP contribution in [-0.2, 0) is 40.5 Å². The summed E-state index contributed by atoms with van der Waals surface area (Å²) < 4.78 is 10.9. The van der Waals surface area contributed by atoms with Crippen LogP contribution >= 0.6 is 0 Å². The number of nitrogens with one attached hydrogen (secondary N) is 1. The fraction of sp³-hybridized carbons (Fsp3) is 0.200. The lowest BCUT2D eigenvalue weighted by Crippen LogP contribution is -2.42. The first kappa shape index (κ1) is 22.1. The van der Waals surface area contributed by atoms with Crippen molar-refractivity contribution in [2.45, 2.75) is 32.3 Å². The molecule has 1 amide bonds. The lowest BCUT2D eigenvalue weighted by molar-refractivity contribution is -0.139. The highest BCUT2D eigenvalue weighted by molar-refractivity contribution is 5.80. The number of hydrogen-bond acceptors (Lipinski definition) is 4. The molecule has 6 nitrogen and oxygen atoms in total. The van der Waals surface area contributed by atoms with Gasteiger partial charge in [0.25, 0.3) is 0 Å². The molecule has 0 fully saturated rings. The minimum absolute atomic E-state index is 0.0503. The highest BCUT2D eigenvalue weighted by Gasteiger charge is 2.21. The molecule has 0 spiro atoms. The highest BCUT2D eigenvalue weighted by atomic mass is 16.5. The van der Waals surface area contributed by atoms with Crippen LogP contribution in [0.3, 0.4) is 0 Å². The Bertz CT molecular complexity index is 958. The predicted octanol–water partition coefficient (Wildman–Crippen LogP) is 4.33. The largest absolute Gasteiger partial charge is 0.480 e. The molecule has 1 atom stereocenters. The van der Waals surface area contributed by atoms with Crippen LogP contribution < -0.4 is 5.32 Å². The van der Waals surface area contributed by atoms with Crippen LogP contribution in [0.1, 0.15) is 22.3 Å². The van der Waals surface area contributed by atoms with E-state index in [-0.39, 0.29) is 13.0 Å². The number of alkyl carbamates (subject to hydrolysis) is 1. The van der Waals surface area contributed by atoms with Crippen LogP contribution in [0.5, 0.6) is 0 Å². The van der Waals surface area contributed by atoms with Gasteiger partial charge in [0.1, 0.15) is 12.6 Å². The minimum Gasteiger partial charge on any atom is -0.480 e. The number of ether oxygens (including phenoxy) is 2. The lowest BCUT2D eigenvalue weighted by Gasteiger charge is -2.15. The zero-order valence-corrected chi connectivity index (χ0v) is 17.1. The van der Waals surface area contributed by atoms with E-state index in [2.05, 4.69) is 5.32 Å². The molecular formula is C25H25NO5. The van der Waals surface area contributed by atoms with E-state index < -0.39 is 18.1 Å². The molecule has 0 aliphatic heterocycles. The highest BCUT2D eigenvalue weighted by Crippen LogP contribution is 2.10. The van der Waals surface area contributed by atoms with Crippen molar-refractivity contribution in [1.82, 2.24) is 5.32 Å². The zero-order valence-electron chi connectivity index (χ0n) is 17.1. The normalized spacial score (nSPS) is 11.5. The zero-order chi connectivity index (χ0) is 21.9. The number of amides is 1. The molecule has 6 heteroatoms. The van der Waals surface area contributed by atoms with Crippen molar-refractivity contribution in [1.29, 1.82) is 0 Å². The Morgan fingerprint density at radius 1 is 0.710 bits per heavy atom. The maximum absolute atomic E-state index is 12.0. The number of aliphatic carboxylic acids is 1. The quantitative estimate of drug-likeness (QED) is 0.511. The molecule has 3 aromatic rings. The molecule has 1 unspecified atom stereocenters. The van der Waals surface area contributed by atoms with Gasteiger partial charge in [-0.1, -0.05) is 84.9 Å². The summed E-state index contributed by atoms with van der Waals surface area (Å²) in [5.41, 5.74) is 3.75. The van der Waals surface area contributed by atoms with Gasteiger partial charge in [0.2, 0.25) is 0 Å². The summed E-state index contributed by atoms with van der Waals surface area (Å²) in [4.78, 5) is 23.5. The van der Waals surface area contributed by atoms with Gasteiger partial charge in [-0.2, -0.15) is 0 Å². The number of benzene rings is 3. The van der Waals surface area contributed by atoms with E-state index in [1.54, 1.807) is 0 Å². The molecule has 0 heterocycles. The summed E-state index contributed by atoms with van der Waals surface area (Å²) in [6, 6.07) is 25.5. The van der Waals surface area contributed by atoms with Gasteiger partial charge < -0.3 is 19.9 Å². The molecule has 0 aliphatic carbocycles.